The Morgan fingerprint density at radius 1 is 1.02 bits per heavy atom. The first-order valence-electron chi connectivity index (χ1n) is 16.6. The van der Waals surface area contributed by atoms with Crippen LogP contribution in [0.3, 0.4) is 0 Å². The number of morpholine rings is 1. The van der Waals surface area contributed by atoms with Crippen LogP contribution in [0.1, 0.15) is 19.3 Å². The van der Waals surface area contributed by atoms with Crippen LogP contribution in [-0.2, 0) is 28.5 Å². The zero-order chi connectivity index (χ0) is 35.8. The van der Waals surface area contributed by atoms with E-state index in [-0.39, 0.29) is 51.0 Å². The Bertz CT molecular complexity index is 1060. The summed E-state index contributed by atoms with van der Waals surface area (Å²) in [7, 11) is 0. The van der Waals surface area contributed by atoms with Crippen molar-refractivity contribution in [1.29, 1.82) is 5.41 Å². The molecule has 3 heterocycles. The monoisotopic (exact) mass is 711 g/mol. The van der Waals surface area contributed by atoms with Gasteiger partial charge in [-0.05, 0) is 25.8 Å². The predicted octanol–water partition coefficient (Wildman–Crippen LogP) is -7.31. The molecule has 1 amide bonds. The number of carbonyl (C=O) groups excluding carboxylic acids is 1. The van der Waals surface area contributed by atoms with E-state index in [1.807, 2.05) is 0 Å². The van der Waals surface area contributed by atoms with Crippen LogP contribution in [0.15, 0.2) is 0 Å². The van der Waals surface area contributed by atoms with Gasteiger partial charge in [0.2, 0.25) is 5.91 Å². The van der Waals surface area contributed by atoms with Gasteiger partial charge in [0.15, 0.2) is 24.7 Å². The van der Waals surface area contributed by atoms with Crippen LogP contribution in [-0.4, -0.2) is 181 Å². The standard InChI is InChI=1S/C28H54FN9O11/c29-19-23(48-26-13(33)6-16(41)17(7-31)46-26)12(32)5-14(37-25(44)15(40)1-2-30)24(19)49-27-22(43)20(21(42)18(10-39)47-27)38-28(34)36-9-11-8-35-3-4-45-11/h11-24,26-27,35,39-43H,1-10,30-33H2,(H,37,44)(H3,34,36,38)/t11-,12?,13?,14-,15+,16+,17?,18-,19?,20-,21?,22-,23-,24?,26-,27?/m1/s1. The van der Waals surface area contributed by atoms with E-state index < -0.39 is 104 Å². The van der Waals surface area contributed by atoms with Crippen molar-refractivity contribution in [3.05, 3.63) is 0 Å². The van der Waals surface area contributed by atoms with E-state index in [2.05, 4.69) is 21.3 Å². The lowest BCUT2D eigenvalue weighted by atomic mass is 9.84. The fourth-order valence-corrected chi connectivity index (χ4v) is 6.38. The molecular formula is C28H54FN9O11. The van der Waals surface area contributed by atoms with Crippen molar-refractivity contribution in [2.24, 2.45) is 22.9 Å². The van der Waals surface area contributed by atoms with Gasteiger partial charge in [-0.3, -0.25) is 10.2 Å². The fourth-order valence-electron chi connectivity index (χ4n) is 6.38. The van der Waals surface area contributed by atoms with Gasteiger partial charge in [-0.15, -0.1) is 0 Å². The van der Waals surface area contributed by atoms with E-state index in [9.17, 15) is 30.3 Å². The number of nitrogens with one attached hydrogen (secondary N) is 5. The molecule has 21 heteroatoms. The predicted molar refractivity (Wildman–Crippen MR) is 168 cm³/mol. The second-order valence-electron chi connectivity index (χ2n) is 12.8. The van der Waals surface area contributed by atoms with Crippen molar-refractivity contribution in [2.45, 2.75) is 117 Å². The number of aliphatic hydroxyl groups is 5. The zero-order valence-electron chi connectivity index (χ0n) is 27.2. The first-order valence-corrected chi connectivity index (χ1v) is 16.6. The second kappa shape index (κ2) is 18.5. The Morgan fingerprint density at radius 2 is 1.73 bits per heavy atom. The molecule has 1 saturated carbocycles. The molecule has 20 nitrogen and oxygen atoms in total. The average Bonchev–Trinajstić information content (AvgIpc) is 3.08. The van der Waals surface area contributed by atoms with Crippen molar-refractivity contribution >= 4 is 11.9 Å². The van der Waals surface area contributed by atoms with Gasteiger partial charge in [0, 0.05) is 32.2 Å². The SMILES string of the molecule is N=C(NC[C@H]1CNCCO1)N[C@@H]1C(O)[C@@H](CO)OC(OC2C(F)[C@H](O[C@H]3OC(CN)[C@@H](O)CC3N)C(N)C[C@H]2NC(=O)[C@@H](O)CCN)[C@@H]1O. The van der Waals surface area contributed by atoms with E-state index in [1.165, 1.54) is 0 Å². The summed E-state index contributed by atoms with van der Waals surface area (Å²) < 4.78 is 45.5. The Hall–Kier alpha value is -1.93. The zero-order valence-corrected chi connectivity index (χ0v) is 27.2. The highest BCUT2D eigenvalue weighted by Gasteiger charge is 2.53. The van der Waals surface area contributed by atoms with Crippen LogP contribution in [0, 0.1) is 5.41 Å². The molecule has 16 atom stereocenters. The molecule has 0 bridgehead atoms. The van der Waals surface area contributed by atoms with E-state index in [4.69, 9.17) is 52.0 Å². The maximum absolute atomic E-state index is 16.6. The summed E-state index contributed by atoms with van der Waals surface area (Å²) in [6.07, 6.45) is -16.5. The third kappa shape index (κ3) is 10.1. The van der Waals surface area contributed by atoms with Crippen molar-refractivity contribution in [3.8, 4) is 0 Å². The van der Waals surface area contributed by atoms with Gasteiger partial charge in [-0.2, -0.15) is 0 Å². The lowest BCUT2D eigenvalue weighted by Gasteiger charge is -2.48. The van der Waals surface area contributed by atoms with Gasteiger partial charge in [0.25, 0.3) is 0 Å². The molecule has 0 aromatic rings. The highest BCUT2D eigenvalue weighted by atomic mass is 19.1. The van der Waals surface area contributed by atoms with Crippen LogP contribution in [0.2, 0.25) is 0 Å². The maximum atomic E-state index is 16.6. The minimum absolute atomic E-state index is 0.00369. The lowest BCUT2D eigenvalue weighted by molar-refractivity contribution is -0.311. The van der Waals surface area contributed by atoms with Crippen molar-refractivity contribution in [3.63, 3.8) is 0 Å². The number of hydrogen-bond donors (Lipinski definition) is 14. The molecule has 49 heavy (non-hydrogen) atoms. The second-order valence-corrected chi connectivity index (χ2v) is 12.8. The largest absolute Gasteiger partial charge is 0.394 e. The quantitative estimate of drug-likeness (QED) is 0.0623. The van der Waals surface area contributed by atoms with E-state index in [0.717, 1.165) is 0 Å². The molecule has 4 aliphatic rings. The van der Waals surface area contributed by atoms with Gasteiger partial charge in [-0.25, -0.2) is 4.39 Å². The number of nitrogens with two attached hydrogens (primary N) is 4. The summed E-state index contributed by atoms with van der Waals surface area (Å²) in [5.41, 5.74) is 23.6. The lowest BCUT2D eigenvalue weighted by Crippen LogP contribution is -2.69. The van der Waals surface area contributed by atoms with Crippen molar-refractivity contribution < 1.29 is 58.4 Å². The number of guanidine groups is 1. The number of carbonyl (C=O) groups is 1. The van der Waals surface area contributed by atoms with Gasteiger partial charge >= 0.3 is 0 Å². The molecule has 0 aromatic carbocycles. The molecule has 0 aromatic heterocycles. The molecule has 1 aliphatic carbocycles. The summed E-state index contributed by atoms with van der Waals surface area (Å²) >= 11 is 0. The molecule has 0 spiro atoms. The third-order valence-electron chi connectivity index (χ3n) is 9.17. The summed E-state index contributed by atoms with van der Waals surface area (Å²) in [5.74, 6) is -1.15. The van der Waals surface area contributed by atoms with Gasteiger partial charge in [0.1, 0.15) is 36.6 Å². The molecule has 18 N–H and O–H groups in total. The Balaban J connectivity index is 1.52. The van der Waals surface area contributed by atoms with Crippen molar-refractivity contribution in [2.75, 3.05) is 45.9 Å². The fraction of sp³-hybridized carbons (Fsp3) is 0.929. The number of aliphatic hydroxyl groups excluding tert-OH is 5. The van der Waals surface area contributed by atoms with Crippen LogP contribution in [0.4, 0.5) is 4.39 Å². The van der Waals surface area contributed by atoms with Crippen LogP contribution in [0.5, 0.6) is 0 Å². The molecule has 0 radical (unpaired) electrons. The minimum atomic E-state index is -2.13. The molecule has 4 fully saturated rings. The number of alkyl halides is 1. The third-order valence-corrected chi connectivity index (χ3v) is 9.17. The number of halogens is 1. The highest BCUT2D eigenvalue weighted by molar-refractivity contribution is 5.80. The summed E-state index contributed by atoms with van der Waals surface area (Å²) in [6, 6.07) is -4.48. The van der Waals surface area contributed by atoms with Crippen LogP contribution >= 0.6 is 0 Å². The van der Waals surface area contributed by atoms with Gasteiger partial charge in [-0.1, -0.05) is 0 Å². The van der Waals surface area contributed by atoms with Crippen LogP contribution < -0.4 is 44.2 Å². The number of hydrogen-bond acceptors (Lipinski definition) is 17. The molecule has 284 valence electrons. The Morgan fingerprint density at radius 3 is 2.39 bits per heavy atom. The molecule has 4 rings (SSSR count). The number of amides is 1. The van der Waals surface area contributed by atoms with Gasteiger partial charge in [0.05, 0.1) is 49.7 Å². The highest BCUT2D eigenvalue weighted by Crippen LogP contribution is 2.33. The van der Waals surface area contributed by atoms with E-state index in [1.54, 1.807) is 0 Å². The Labute approximate surface area is 283 Å². The molecule has 3 saturated heterocycles. The number of ether oxygens (including phenoxy) is 5. The molecule has 3 aliphatic heterocycles. The molecular weight excluding hydrogens is 657 g/mol. The summed E-state index contributed by atoms with van der Waals surface area (Å²) in [5, 5.41) is 72.1. The summed E-state index contributed by atoms with van der Waals surface area (Å²) in [4.78, 5) is 12.8. The average molecular weight is 712 g/mol. The Kier molecular flexibility index (Phi) is 15.1. The normalized spacial score (nSPS) is 42.2. The molecule has 7 unspecified atom stereocenters. The van der Waals surface area contributed by atoms with E-state index >= 15 is 4.39 Å². The minimum Gasteiger partial charge on any atom is -0.394 e. The first kappa shape index (κ1) is 39.8. The van der Waals surface area contributed by atoms with Crippen molar-refractivity contribution in [1.82, 2.24) is 21.3 Å². The smallest absolute Gasteiger partial charge is 0.249 e. The van der Waals surface area contributed by atoms with E-state index in [0.29, 0.717) is 19.7 Å². The summed E-state index contributed by atoms with van der Waals surface area (Å²) in [6.45, 7) is 1.21. The number of rotatable bonds is 13. The topological polar surface area (TPSA) is 340 Å². The first-order chi connectivity index (χ1) is 23.4. The van der Waals surface area contributed by atoms with Crippen LogP contribution in [0.25, 0.3) is 0 Å². The van der Waals surface area contributed by atoms with Gasteiger partial charge < -0.3 is 93.4 Å². The maximum Gasteiger partial charge on any atom is 0.249 e.